The Morgan fingerprint density at radius 2 is 2.17 bits per heavy atom. The van der Waals surface area contributed by atoms with Crippen LogP contribution in [-0.4, -0.2) is 25.2 Å². The second kappa shape index (κ2) is 4.82. The van der Waals surface area contributed by atoms with Gasteiger partial charge in [-0.1, -0.05) is 0 Å². The van der Waals surface area contributed by atoms with Crippen molar-refractivity contribution in [2.24, 2.45) is 0 Å². The number of methoxy groups -OCH3 is 1. The molecule has 2 aromatic rings. The van der Waals surface area contributed by atoms with Crippen LogP contribution in [0.5, 0.6) is 5.75 Å². The summed E-state index contributed by atoms with van der Waals surface area (Å²) >= 11 is 0. The summed E-state index contributed by atoms with van der Waals surface area (Å²) in [5.74, 6) is 2.01. The highest BCUT2D eigenvalue weighted by Gasteiger charge is 2.20. The summed E-state index contributed by atoms with van der Waals surface area (Å²) in [4.78, 5) is 4.57. The molecule has 4 nitrogen and oxygen atoms in total. The molecule has 18 heavy (non-hydrogen) atoms. The molecule has 1 aliphatic rings. The zero-order valence-corrected chi connectivity index (χ0v) is 10.3. The molecule has 3 rings (SSSR count). The van der Waals surface area contributed by atoms with E-state index in [-0.39, 0.29) is 0 Å². The number of hydrogen-bond donors (Lipinski definition) is 1. The van der Waals surface area contributed by atoms with Crippen LogP contribution in [0.2, 0.25) is 0 Å². The summed E-state index contributed by atoms with van der Waals surface area (Å²) in [6, 6.07) is 7.75. The molecule has 1 aromatic heterocycles. The van der Waals surface area contributed by atoms with Crippen LogP contribution in [0.25, 0.3) is 11.5 Å². The quantitative estimate of drug-likeness (QED) is 0.900. The lowest BCUT2D eigenvalue weighted by atomic mass is 10.1. The molecule has 1 N–H and O–H groups in total. The van der Waals surface area contributed by atoms with E-state index in [1.807, 2.05) is 24.3 Å². The third-order valence-electron chi connectivity index (χ3n) is 3.34. The average molecular weight is 244 g/mol. The van der Waals surface area contributed by atoms with Gasteiger partial charge in [0.15, 0.2) is 0 Å². The van der Waals surface area contributed by atoms with Gasteiger partial charge in [-0.05, 0) is 37.2 Å². The van der Waals surface area contributed by atoms with E-state index in [4.69, 9.17) is 9.15 Å². The number of ether oxygens (including phenoxy) is 1. The van der Waals surface area contributed by atoms with Gasteiger partial charge in [-0.25, -0.2) is 4.98 Å². The molecule has 1 fully saturated rings. The molecule has 1 atom stereocenters. The monoisotopic (exact) mass is 244 g/mol. The Labute approximate surface area is 106 Å². The summed E-state index contributed by atoms with van der Waals surface area (Å²) in [7, 11) is 1.66. The van der Waals surface area contributed by atoms with Gasteiger partial charge in [-0.3, -0.25) is 0 Å². The summed E-state index contributed by atoms with van der Waals surface area (Å²) in [6.45, 7) is 2.06. The van der Waals surface area contributed by atoms with E-state index in [2.05, 4.69) is 10.3 Å². The lowest BCUT2D eigenvalue weighted by Gasteiger charge is -2.01. The molecule has 0 spiro atoms. The van der Waals surface area contributed by atoms with Crippen LogP contribution in [0.3, 0.4) is 0 Å². The summed E-state index contributed by atoms with van der Waals surface area (Å²) in [5.41, 5.74) is 2.03. The number of nitrogens with one attached hydrogen (secondary N) is 1. The predicted octanol–water partition coefficient (Wildman–Crippen LogP) is 2.43. The Hall–Kier alpha value is -1.81. The third-order valence-corrected chi connectivity index (χ3v) is 3.34. The van der Waals surface area contributed by atoms with Crippen LogP contribution in [0.1, 0.15) is 18.0 Å². The number of rotatable bonds is 3. The molecule has 2 heterocycles. The maximum Gasteiger partial charge on any atom is 0.226 e. The molecule has 0 bridgehead atoms. The molecule has 1 saturated heterocycles. The van der Waals surface area contributed by atoms with Crippen LogP contribution in [0.15, 0.2) is 34.9 Å². The second-order valence-electron chi connectivity index (χ2n) is 4.50. The van der Waals surface area contributed by atoms with Crippen molar-refractivity contribution in [3.8, 4) is 17.2 Å². The zero-order chi connectivity index (χ0) is 12.4. The third kappa shape index (κ3) is 2.11. The van der Waals surface area contributed by atoms with Gasteiger partial charge < -0.3 is 14.5 Å². The van der Waals surface area contributed by atoms with Gasteiger partial charge in [-0.15, -0.1) is 0 Å². The fraction of sp³-hybridized carbons (Fsp3) is 0.357. The maximum absolute atomic E-state index is 5.56. The van der Waals surface area contributed by atoms with Crippen LogP contribution in [0.4, 0.5) is 0 Å². The van der Waals surface area contributed by atoms with Crippen molar-refractivity contribution in [3.05, 3.63) is 36.2 Å². The van der Waals surface area contributed by atoms with Gasteiger partial charge in [0.05, 0.1) is 12.8 Å². The molecule has 1 unspecified atom stereocenters. The van der Waals surface area contributed by atoms with Crippen molar-refractivity contribution in [3.63, 3.8) is 0 Å². The van der Waals surface area contributed by atoms with Gasteiger partial charge in [0.25, 0.3) is 0 Å². The normalized spacial score (nSPS) is 19.1. The zero-order valence-electron chi connectivity index (χ0n) is 10.3. The molecule has 94 valence electrons. The van der Waals surface area contributed by atoms with Crippen LogP contribution in [-0.2, 0) is 0 Å². The molecule has 0 amide bonds. The van der Waals surface area contributed by atoms with Crippen molar-refractivity contribution in [2.45, 2.75) is 12.3 Å². The SMILES string of the molecule is COc1ccc(-c2nc(C3CCNC3)co2)cc1. The number of nitrogens with zero attached hydrogens (tertiary/aromatic N) is 1. The van der Waals surface area contributed by atoms with E-state index < -0.39 is 0 Å². The van der Waals surface area contributed by atoms with Crippen LogP contribution >= 0.6 is 0 Å². The topological polar surface area (TPSA) is 47.3 Å². The lowest BCUT2D eigenvalue weighted by Crippen LogP contribution is -2.08. The lowest BCUT2D eigenvalue weighted by molar-refractivity contribution is 0.415. The Bertz CT molecular complexity index is 513. The Morgan fingerprint density at radius 1 is 1.33 bits per heavy atom. The first-order valence-electron chi connectivity index (χ1n) is 6.17. The van der Waals surface area contributed by atoms with Crippen LogP contribution < -0.4 is 10.1 Å². The van der Waals surface area contributed by atoms with Crippen molar-refractivity contribution >= 4 is 0 Å². The van der Waals surface area contributed by atoms with E-state index in [0.29, 0.717) is 11.8 Å². The van der Waals surface area contributed by atoms with Gasteiger partial charge in [0.1, 0.15) is 12.0 Å². The Balaban J connectivity index is 1.82. The minimum absolute atomic E-state index is 0.487. The van der Waals surface area contributed by atoms with Crippen molar-refractivity contribution in [1.82, 2.24) is 10.3 Å². The maximum atomic E-state index is 5.56. The molecule has 0 aliphatic carbocycles. The smallest absolute Gasteiger partial charge is 0.226 e. The minimum atomic E-state index is 0.487. The minimum Gasteiger partial charge on any atom is -0.497 e. The highest BCUT2D eigenvalue weighted by Crippen LogP contribution is 2.26. The molecule has 1 aromatic carbocycles. The standard InChI is InChI=1S/C14H16N2O2/c1-17-12-4-2-10(3-5-12)14-16-13(9-18-14)11-6-7-15-8-11/h2-5,9,11,15H,6-8H2,1H3. The number of hydrogen-bond acceptors (Lipinski definition) is 4. The van der Waals surface area contributed by atoms with E-state index in [1.165, 1.54) is 0 Å². The second-order valence-corrected chi connectivity index (χ2v) is 4.50. The average Bonchev–Trinajstić information content (AvgIpc) is 3.09. The van der Waals surface area contributed by atoms with E-state index >= 15 is 0 Å². The van der Waals surface area contributed by atoms with Crippen molar-refractivity contribution < 1.29 is 9.15 Å². The number of aromatic nitrogens is 1. The molecule has 0 saturated carbocycles. The first-order chi connectivity index (χ1) is 8.86. The van der Waals surface area contributed by atoms with Gasteiger partial charge >= 0.3 is 0 Å². The fourth-order valence-electron chi connectivity index (χ4n) is 2.25. The van der Waals surface area contributed by atoms with Gasteiger partial charge in [0.2, 0.25) is 5.89 Å². The molecular weight excluding hydrogens is 228 g/mol. The Morgan fingerprint density at radius 3 is 2.83 bits per heavy atom. The molecule has 0 radical (unpaired) electrons. The van der Waals surface area contributed by atoms with Crippen LogP contribution in [0, 0.1) is 0 Å². The Kier molecular flexibility index (Phi) is 3.02. The summed E-state index contributed by atoms with van der Waals surface area (Å²) < 4.78 is 10.7. The van der Waals surface area contributed by atoms with Gasteiger partial charge in [-0.2, -0.15) is 0 Å². The summed E-state index contributed by atoms with van der Waals surface area (Å²) in [5, 5.41) is 3.34. The molecule has 4 heteroatoms. The predicted molar refractivity (Wildman–Crippen MR) is 68.7 cm³/mol. The molecular formula is C14H16N2O2. The first kappa shape index (κ1) is 11.3. The van der Waals surface area contributed by atoms with Gasteiger partial charge in [0, 0.05) is 18.0 Å². The molecule has 1 aliphatic heterocycles. The first-order valence-corrected chi connectivity index (χ1v) is 6.17. The number of benzene rings is 1. The number of oxazole rings is 1. The highest BCUT2D eigenvalue weighted by atomic mass is 16.5. The summed E-state index contributed by atoms with van der Waals surface area (Å²) in [6.07, 6.45) is 2.91. The largest absolute Gasteiger partial charge is 0.497 e. The highest BCUT2D eigenvalue weighted by molar-refractivity contribution is 5.54. The van der Waals surface area contributed by atoms with E-state index in [0.717, 1.165) is 36.5 Å². The van der Waals surface area contributed by atoms with E-state index in [1.54, 1.807) is 13.4 Å². The van der Waals surface area contributed by atoms with Crippen molar-refractivity contribution in [2.75, 3.05) is 20.2 Å². The van der Waals surface area contributed by atoms with E-state index in [9.17, 15) is 0 Å². The fourth-order valence-corrected chi connectivity index (χ4v) is 2.25. The van der Waals surface area contributed by atoms with Crippen molar-refractivity contribution in [1.29, 1.82) is 0 Å².